The Kier molecular flexibility index (Phi) is 4.62. The van der Waals surface area contributed by atoms with Crippen molar-refractivity contribution >= 4 is 11.6 Å². The summed E-state index contributed by atoms with van der Waals surface area (Å²) in [4.78, 5) is 16.6. The molecular formula is C15H24N4O. The molecule has 0 bridgehead atoms. The summed E-state index contributed by atoms with van der Waals surface area (Å²) in [6.45, 7) is 7.58. The van der Waals surface area contributed by atoms with Gasteiger partial charge < -0.3 is 4.90 Å². The van der Waals surface area contributed by atoms with Crippen LogP contribution in [0.5, 0.6) is 0 Å². The molecule has 0 aromatic heterocycles. The Morgan fingerprint density at radius 3 is 2.35 bits per heavy atom. The first-order valence-corrected chi connectivity index (χ1v) is 7.18. The van der Waals surface area contributed by atoms with E-state index < -0.39 is 5.54 Å². The smallest absolute Gasteiger partial charge is 0.254 e. The van der Waals surface area contributed by atoms with Crippen LogP contribution in [0.15, 0.2) is 30.3 Å². The molecule has 0 radical (unpaired) electrons. The average Bonchev–Trinajstić information content (AvgIpc) is 2.54. The van der Waals surface area contributed by atoms with E-state index in [9.17, 15) is 4.79 Å². The third-order valence-corrected chi connectivity index (χ3v) is 4.41. The molecule has 110 valence electrons. The van der Waals surface area contributed by atoms with E-state index >= 15 is 0 Å². The molecular weight excluding hydrogens is 252 g/mol. The molecule has 1 atom stereocenters. The van der Waals surface area contributed by atoms with Crippen LogP contribution in [0.3, 0.4) is 0 Å². The molecule has 3 N–H and O–H groups in total. The molecule has 0 aliphatic carbocycles. The van der Waals surface area contributed by atoms with Gasteiger partial charge in [0.05, 0.1) is 5.54 Å². The van der Waals surface area contributed by atoms with Crippen molar-refractivity contribution in [1.82, 2.24) is 10.3 Å². The molecule has 1 saturated heterocycles. The maximum Gasteiger partial charge on any atom is 0.254 e. The molecule has 1 aromatic carbocycles. The van der Waals surface area contributed by atoms with Gasteiger partial charge in [-0.15, -0.1) is 0 Å². The number of para-hydroxylation sites is 1. The van der Waals surface area contributed by atoms with E-state index in [1.807, 2.05) is 19.9 Å². The summed E-state index contributed by atoms with van der Waals surface area (Å²) >= 11 is 0. The molecule has 5 heteroatoms. The first-order chi connectivity index (χ1) is 9.61. The van der Waals surface area contributed by atoms with Gasteiger partial charge in [-0.25, -0.2) is 5.84 Å². The van der Waals surface area contributed by atoms with Gasteiger partial charge in [0, 0.05) is 31.9 Å². The van der Waals surface area contributed by atoms with E-state index in [1.165, 1.54) is 5.69 Å². The highest BCUT2D eigenvalue weighted by molar-refractivity contribution is 5.85. The normalized spacial score (nSPS) is 19.4. The van der Waals surface area contributed by atoms with Crippen molar-refractivity contribution in [2.24, 2.45) is 5.84 Å². The quantitative estimate of drug-likeness (QED) is 0.489. The lowest BCUT2D eigenvalue weighted by Crippen LogP contribution is -2.62. The van der Waals surface area contributed by atoms with E-state index in [1.54, 1.807) is 0 Å². The maximum absolute atomic E-state index is 12.0. The highest BCUT2D eigenvalue weighted by Crippen LogP contribution is 2.23. The van der Waals surface area contributed by atoms with Gasteiger partial charge in [-0.3, -0.25) is 15.1 Å². The predicted molar refractivity (Wildman–Crippen MR) is 81.3 cm³/mol. The lowest BCUT2D eigenvalue weighted by Gasteiger charge is -2.44. The van der Waals surface area contributed by atoms with E-state index in [4.69, 9.17) is 5.84 Å². The second-order valence-corrected chi connectivity index (χ2v) is 5.41. The Hall–Kier alpha value is -1.59. The number of carbonyl (C=O) groups excluding carboxylic acids is 1. The fourth-order valence-electron chi connectivity index (χ4n) is 2.78. The van der Waals surface area contributed by atoms with Crippen LogP contribution >= 0.6 is 0 Å². The van der Waals surface area contributed by atoms with E-state index in [0.717, 1.165) is 32.6 Å². The van der Waals surface area contributed by atoms with Gasteiger partial charge in [-0.05, 0) is 25.5 Å². The van der Waals surface area contributed by atoms with Crippen LogP contribution in [0, 0.1) is 0 Å². The van der Waals surface area contributed by atoms with Crippen molar-refractivity contribution in [3.8, 4) is 0 Å². The summed E-state index contributed by atoms with van der Waals surface area (Å²) in [6.07, 6.45) is 0.751. The summed E-state index contributed by atoms with van der Waals surface area (Å²) in [5.74, 6) is 5.22. The lowest BCUT2D eigenvalue weighted by atomic mass is 9.94. The van der Waals surface area contributed by atoms with Crippen LogP contribution in [0.4, 0.5) is 5.69 Å². The third-order valence-electron chi connectivity index (χ3n) is 4.41. The van der Waals surface area contributed by atoms with Gasteiger partial charge in [-0.2, -0.15) is 0 Å². The molecule has 1 fully saturated rings. The van der Waals surface area contributed by atoms with Gasteiger partial charge in [-0.1, -0.05) is 25.1 Å². The number of rotatable bonds is 4. The van der Waals surface area contributed by atoms with Crippen molar-refractivity contribution < 1.29 is 4.79 Å². The first kappa shape index (κ1) is 14.8. The minimum Gasteiger partial charge on any atom is -0.369 e. The second-order valence-electron chi connectivity index (χ2n) is 5.41. The molecule has 20 heavy (non-hydrogen) atoms. The summed E-state index contributed by atoms with van der Waals surface area (Å²) in [5.41, 5.74) is 3.03. The number of nitrogens with two attached hydrogens (primary N) is 1. The number of anilines is 1. The third kappa shape index (κ3) is 2.78. The van der Waals surface area contributed by atoms with Gasteiger partial charge in [0.15, 0.2) is 0 Å². The number of piperazine rings is 1. The molecule has 0 saturated carbocycles. The maximum atomic E-state index is 12.0. The Labute approximate surface area is 120 Å². The minimum atomic E-state index is -0.516. The molecule has 1 aromatic rings. The number of nitrogens with one attached hydrogen (secondary N) is 1. The monoisotopic (exact) mass is 276 g/mol. The number of carbonyl (C=O) groups is 1. The van der Waals surface area contributed by atoms with Gasteiger partial charge in [0.2, 0.25) is 0 Å². The lowest BCUT2D eigenvalue weighted by molar-refractivity contribution is -0.133. The highest BCUT2D eigenvalue weighted by Gasteiger charge is 2.38. The van der Waals surface area contributed by atoms with Crippen LogP contribution in [-0.4, -0.2) is 42.5 Å². The molecule has 2 rings (SSSR count). The Balaban J connectivity index is 2.02. The number of hydrazine groups is 1. The SMILES string of the molecule is CC[C@](C)(C(=O)NN)N1CCN(c2ccccc2)CC1. The van der Waals surface area contributed by atoms with Gasteiger partial charge >= 0.3 is 0 Å². The number of hydrogen-bond acceptors (Lipinski definition) is 4. The molecule has 0 spiro atoms. The zero-order chi connectivity index (χ0) is 14.6. The van der Waals surface area contributed by atoms with E-state index in [2.05, 4.69) is 39.5 Å². The summed E-state index contributed by atoms with van der Waals surface area (Å²) < 4.78 is 0. The molecule has 5 nitrogen and oxygen atoms in total. The highest BCUT2D eigenvalue weighted by atomic mass is 16.2. The fourth-order valence-corrected chi connectivity index (χ4v) is 2.78. The Morgan fingerprint density at radius 2 is 1.85 bits per heavy atom. The fraction of sp³-hybridized carbons (Fsp3) is 0.533. The zero-order valence-electron chi connectivity index (χ0n) is 12.3. The van der Waals surface area contributed by atoms with Crippen molar-refractivity contribution in [3.05, 3.63) is 30.3 Å². The summed E-state index contributed by atoms with van der Waals surface area (Å²) in [6, 6.07) is 10.4. The van der Waals surface area contributed by atoms with Gasteiger partial charge in [0.1, 0.15) is 0 Å². The molecule has 0 unspecified atom stereocenters. The predicted octanol–water partition coefficient (Wildman–Crippen LogP) is 0.967. The average molecular weight is 276 g/mol. The zero-order valence-corrected chi connectivity index (χ0v) is 12.3. The van der Waals surface area contributed by atoms with Crippen molar-refractivity contribution in [3.63, 3.8) is 0 Å². The van der Waals surface area contributed by atoms with Crippen LogP contribution in [0.1, 0.15) is 20.3 Å². The Bertz CT molecular complexity index is 442. The Morgan fingerprint density at radius 1 is 1.25 bits per heavy atom. The number of nitrogens with zero attached hydrogens (tertiary/aromatic N) is 2. The van der Waals surface area contributed by atoms with Crippen molar-refractivity contribution in [1.29, 1.82) is 0 Å². The van der Waals surface area contributed by atoms with Gasteiger partial charge in [0.25, 0.3) is 5.91 Å². The van der Waals surface area contributed by atoms with Crippen LogP contribution < -0.4 is 16.2 Å². The van der Waals surface area contributed by atoms with Crippen molar-refractivity contribution in [2.45, 2.75) is 25.8 Å². The topological polar surface area (TPSA) is 61.6 Å². The second kappa shape index (κ2) is 6.24. The van der Waals surface area contributed by atoms with E-state index in [0.29, 0.717) is 0 Å². The standard InChI is InChI=1S/C15H24N4O/c1-3-15(2,14(20)17-16)19-11-9-18(10-12-19)13-7-5-4-6-8-13/h4-8H,3,9-12,16H2,1-2H3,(H,17,20)/t15-/m1/s1. The van der Waals surface area contributed by atoms with E-state index in [-0.39, 0.29) is 5.91 Å². The number of hydrogen-bond donors (Lipinski definition) is 2. The number of benzene rings is 1. The molecule has 1 amide bonds. The van der Waals surface area contributed by atoms with Crippen LogP contribution in [0.25, 0.3) is 0 Å². The van der Waals surface area contributed by atoms with Crippen molar-refractivity contribution in [2.75, 3.05) is 31.1 Å². The van der Waals surface area contributed by atoms with Crippen LogP contribution in [-0.2, 0) is 4.79 Å². The summed E-state index contributed by atoms with van der Waals surface area (Å²) in [7, 11) is 0. The first-order valence-electron chi connectivity index (χ1n) is 7.18. The summed E-state index contributed by atoms with van der Waals surface area (Å²) in [5, 5.41) is 0. The molecule has 1 aliphatic heterocycles. The molecule has 1 heterocycles. The largest absolute Gasteiger partial charge is 0.369 e. The molecule has 1 aliphatic rings. The van der Waals surface area contributed by atoms with Crippen LogP contribution in [0.2, 0.25) is 0 Å². The minimum absolute atomic E-state index is 0.104. The number of amides is 1.